The van der Waals surface area contributed by atoms with Crippen LogP contribution in [0.5, 0.6) is 0 Å². The fourth-order valence-electron chi connectivity index (χ4n) is 3.78. The molecule has 0 radical (unpaired) electrons. The van der Waals surface area contributed by atoms with Gasteiger partial charge in [0, 0.05) is 40.0 Å². The third kappa shape index (κ3) is 4.63. The second kappa shape index (κ2) is 8.96. The predicted octanol–water partition coefficient (Wildman–Crippen LogP) is 6.76. The van der Waals surface area contributed by atoms with E-state index in [1.807, 2.05) is 18.2 Å². The zero-order chi connectivity index (χ0) is 24.7. The molecule has 1 aromatic heterocycles. The van der Waals surface area contributed by atoms with Crippen molar-refractivity contribution in [2.45, 2.75) is 36.3 Å². The highest BCUT2D eigenvalue weighted by Gasteiger charge is 2.51. The number of imide groups is 1. The average Bonchev–Trinajstić information content (AvgIpc) is 2.94. The van der Waals surface area contributed by atoms with Crippen molar-refractivity contribution < 1.29 is 22.8 Å². The molecule has 0 bridgehead atoms. The van der Waals surface area contributed by atoms with E-state index in [4.69, 9.17) is 11.6 Å². The quantitative estimate of drug-likeness (QED) is 0.284. The van der Waals surface area contributed by atoms with Crippen molar-refractivity contribution in [2.24, 2.45) is 0 Å². The minimum Gasteiger partial charge on any atom is -0.305 e. The SMILES string of the molecule is CC1(C)C(=O)N(c2ccc(SC(F)(F)F)cc2)C(=O)N1Cc1ccncc1-c1ccccc1Cl. The van der Waals surface area contributed by atoms with Gasteiger partial charge in [-0.3, -0.25) is 9.78 Å². The molecule has 10 heteroatoms. The lowest BCUT2D eigenvalue weighted by Gasteiger charge is -2.28. The Morgan fingerprint density at radius 1 is 1.00 bits per heavy atom. The molecule has 0 N–H and O–H groups in total. The van der Waals surface area contributed by atoms with Gasteiger partial charge in [0.2, 0.25) is 0 Å². The molecular formula is C24H19ClF3N3O2S. The van der Waals surface area contributed by atoms with Crippen molar-refractivity contribution in [1.82, 2.24) is 9.88 Å². The molecule has 2 aromatic carbocycles. The first-order valence-electron chi connectivity index (χ1n) is 10.2. The Hall–Kier alpha value is -3.04. The van der Waals surface area contributed by atoms with Crippen LogP contribution in [0.2, 0.25) is 5.02 Å². The molecule has 0 spiro atoms. The standard InChI is InChI=1S/C24H19ClF3N3O2S/c1-23(2)21(32)31(16-7-9-17(10-8-16)34-24(26,27)28)22(33)30(23)14-15-11-12-29-13-19(15)18-5-3-4-6-20(18)25/h3-13H,14H2,1-2H3. The molecule has 0 unspecified atom stereocenters. The van der Waals surface area contributed by atoms with Gasteiger partial charge in [-0.15, -0.1) is 0 Å². The first-order chi connectivity index (χ1) is 16.0. The van der Waals surface area contributed by atoms with Crippen molar-refractivity contribution in [2.75, 3.05) is 4.90 Å². The molecule has 1 aliphatic rings. The summed E-state index contributed by atoms with van der Waals surface area (Å²) in [6, 6.07) is 13.6. The van der Waals surface area contributed by atoms with E-state index < -0.39 is 23.0 Å². The Morgan fingerprint density at radius 2 is 1.68 bits per heavy atom. The topological polar surface area (TPSA) is 53.5 Å². The van der Waals surface area contributed by atoms with E-state index in [-0.39, 0.29) is 28.9 Å². The summed E-state index contributed by atoms with van der Waals surface area (Å²) >= 11 is 6.11. The smallest absolute Gasteiger partial charge is 0.305 e. The number of urea groups is 1. The predicted molar refractivity (Wildman–Crippen MR) is 126 cm³/mol. The average molecular weight is 506 g/mol. The van der Waals surface area contributed by atoms with Crippen LogP contribution in [0, 0.1) is 0 Å². The Labute approximate surface area is 203 Å². The maximum Gasteiger partial charge on any atom is 0.446 e. The lowest BCUT2D eigenvalue weighted by Crippen LogP contribution is -2.43. The summed E-state index contributed by atoms with van der Waals surface area (Å²) in [6.45, 7) is 3.38. The van der Waals surface area contributed by atoms with Crippen LogP contribution in [0.3, 0.4) is 0 Å². The van der Waals surface area contributed by atoms with Gasteiger partial charge < -0.3 is 4.90 Å². The van der Waals surface area contributed by atoms with Gasteiger partial charge in [-0.05, 0) is 67.6 Å². The molecule has 2 heterocycles. The lowest BCUT2D eigenvalue weighted by molar-refractivity contribution is -0.123. The van der Waals surface area contributed by atoms with Crippen LogP contribution >= 0.6 is 23.4 Å². The Morgan fingerprint density at radius 3 is 2.32 bits per heavy atom. The van der Waals surface area contributed by atoms with Gasteiger partial charge in [-0.2, -0.15) is 13.2 Å². The highest BCUT2D eigenvalue weighted by atomic mass is 35.5. The molecule has 0 saturated carbocycles. The summed E-state index contributed by atoms with van der Waals surface area (Å²) < 4.78 is 37.9. The fourth-order valence-corrected chi connectivity index (χ4v) is 4.56. The first kappa shape index (κ1) is 24.1. The van der Waals surface area contributed by atoms with E-state index in [1.165, 1.54) is 29.2 Å². The Balaban J connectivity index is 1.65. The van der Waals surface area contributed by atoms with E-state index in [0.29, 0.717) is 5.02 Å². The number of thioether (sulfide) groups is 1. The third-order valence-electron chi connectivity index (χ3n) is 5.56. The summed E-state index contributed by atoms with van der Waals surface area (Å²) in [6.07, 6.45) is 3.25. The number of hydrogen-bond acceptors (Lipinski definition) is 4. The Bertz CT molecular complexity index is 1250. The van der Waals surface area contributed by atoms with Crippen LogP contribution in [0.25, 0.3) is 11.1 Å². The maximum atomic E-state index is 13.4. The number of amides is 3. The maximum absolute atomic E-state index is 13.4. The van der Waals surface area contributed by atoms with Gasteiger partial charge in [0.25, 0.3) is 5.91 Å². The number of anilines is 1. The second-order valence-electron chi connectivity index (χ2n) is 8.12. The molecule has 34 heavy (non-hydrogen) atoms. The molecule has 5 nitrogen and oxygen atoms in total. The van der Waals surface area contributed by atoms with E-state index in [0.717, 1.165) is 21.6 Å². The van der Waals surface area contributed by atoms with Gasteiger partial charge in [0.1, 0.15) is 5.54 Å². The molecule has 1 saturated heterocycles. The Kier molecular flexibility index (Phi) is 6.35. The molecular weight excluding hydrogens is 487 g/mol. The van der Waals surface area contributed by atoms with Crippen LogP contribution < -0.4 is 4.90 Å². The monoisotopic (exact) mass is 505 g/mol. The number of halogens is 4. The molecule has 3 aromatic rings. The van der Waals surface area contributed by atoms with Crippen molar-refractivity contribution in [3.63, 3.8) is 0 Å². The van der Waals surface area contributed by atoms with Gasteiger partial charge in [0.05, 0.1) is 5.69 Å². The third-order valence-corrected chi connectivity index (χ3v) is 6.62. The van der Waals surface area contributed by atoms with Crippen LogP contribution in [-0.2, 0) is 11.3 Å². The van der Waals surface area contributed by atoms with E-state index >= 15 is 0 Å². The number of benzene rings is 2. The minimum atomic E-state index is -4.43. The van der Waals surface area contributed by atoms with Crippen molar-refractivity contribution >= 4 is 41.0 Å². The number of aromatic nitrogens is 1. The number of carbonyl (C=O) groups is 2. The van der Waals surface area contributed by atoms with Crippen LogP contribution in [0.15, 0.2) is 71.9 Å². The van der Waals surface area contributed by atoms with Gasteiger partial charge in [0.15, 0.2) is 0 Å². The van der Waals surface area contributed by atoms with Gasteiger partial charge >= 0.3 is 11.5 Å². The highest BCUT2D eigenvalue weighted by molar-refractivity contribution is 8.00. The number of nitrogens with zero attached hydrogens (tertiary/aromatic N) is 3. The minimum absolute atomic E-state index is 0.0346. The van der Waals surface area contributed by atoms with E-state index in [9.17, 15) is 22.8 Å². The second-order valence-corrected chi connectivity index (χ2v) is 9.67. The summed E-state index contributed by atoms with van der Waals surface area (Å²) in [5, 5.41) is 0.526. The number of pyridine rings is 1. The first-order valence-corrected chi connectivity index (χ1v) is 11.4. The van der Waals surface area contributed by atoms with Crippen molar-refractivity contribution in [3.8, 4) is 11.1 Å². The van der Waals surface area contributed by atoms with E-state index in [2.05, 4.69) is 4.98 Å². The molecule has 3 amide bonds. The number of hydrogen-bond donors (Lipinski definition) is 0. The van der Waals surface area contributed by atoms with Crippen molar-refractivity contribution in [1.29, 1.82) is 0 Å². The zero-order valence-corrected chi connectivity index (χ0v) is 19.7. The number of carbonyl (C=O) groups excluding carboxylic acids is 2. The molecule has 4 rings (SSSR count). The molecule has 176 valence electrons. The molecule has 1 fully saturated rings. The summed E-state index contributed by atoms with van der Waals surface area (Å²) in [7, 11) is 0. The normalized spacial score (nSPS) is 15.8. The summed E-state index contributed by atoms with van der Waals surface area (Å²) in [5.41, 5.74) is -3.18. The van der Waals surface area contributed by atoms with Crippen LogP contribution in [0.1, 0.15) is 19.4 Å². The molecule has 0 atom stereocenters. The molecule has 0 aliphatic carbocycles. The number of alkyl halides is 3. The summed E-state index contributed by atoms with van der Waals surface area (Å²) in [5.74, 6) is -0.470. The van der Waals surface area contributed by atoms with E-state index in [1.54, 1.807) is 38.4 Å². The molecule has 1 aliphatic heterocycles. The zero-order valence-electron chi connectivity index (χ0n) is 18.1. The largest absolute Gasteiger partial charge is 0.446 e. The van der Waals surface area contributed by atoms with Gasteiger partial charge in [-0.1, -0.05) is 29.8 Å². The van der Waals surface area contributed by atoms with Crippen molar-refractivity contribution in [3.05, 3.63) is 77.6 Å². The lowest BCUT2D eigenvalue weighted by atomic mass is 9.99. The van der Waals surface area contributed by atoms with Gasteiger partial charge in [-0.25, -0.2) is 9.69 Å². The van der Waals surface area contributed by atoms with Crippen LogP contribution in [-0.4, -0.2) is 32.9 Å². The fraction of sp³-hybridized carbons (Fsp3) is 0.208. The highest BCUT2D eigenvalue weighted by Crippen LogP contribution is 2.39. The summed E-state index contributed by atoms with van der Waals surface area (Å²) in [4.78, 5) is 33.2. The van der Waals surface area contributed by atoms with Crippen LogP contribution in [0.4, 0.5) is 23.7 Å². The number of rotatable bonds is 5.